The maximum atomic E-state index is 5.84. The molecule has 0 aliphatic carbocycles. The van der Waals surface area contributed by atoms with Crippen molar-refractivity contribution in [3.05, 3.63) is 53.6 Å². The molecule has 1 atom stereocenters. The van der Waals surface area contributed by atoms with E-state index in [0.717, 1.165) is 31.1 Å². The fourth-order valence-electron chi connectivity index (χ4n) is 3.94. The van der Waals surface area contributed by atoms with Crippen LogP contribution in [-0.2, 0) is 6.54 Å². The molecule has 0 N–H and O–H groups in total. The van der Waals surface area contributed by atoms with E-state index < -0.39 is 0 Å². The highest BCUT2D eigenvalue weighted by Gasteiger charge is 2.24. The van der Waals surface area contributed by atoms with Crippen LogP contribution in [0, 0.1) is 6.92 Å². The van der Waals surface area contributed by atoms with Gasteiger partial charge in [0.05, 0.1) is 11.8 Å². The smallest absolute Gasteiger partial charge is 0.252 e. The van der Waals surface area contributed by atoms with Gasteiger partial charge < -0.3 is 4.74 Å². The first-order valence-electron chi connectivity index (χ1n) is 9.74. The van der Waals surface area contributed by atoms with E-state index in [2.05, 4.69) is 58.1 Å². The van der Waals surface area contributed by atoms with Crippen molar-refractivity contribution in [3.63, 3.8) is 0 Å². The number of benzene rings is 1. The van der Waals surface area contributed by atoms with Crippen molar-refractivity contribution >= 4 is 5.78 Å². The SMILES string of the molecule is Cc1cc(C2CCCN(Cc3cccc(OC(C)C)c3)C2)n2ncnc2n1. The average molecular weight is 365 g/mol. The van der Waals surface area contributed by atoms with Crippen LogP contribution in [0.2, 0.25) is 0 Å². The van der Waals surface area contributed by atoms with E-state index in [1.807, 2.05) is 17.5 Å². The molecule has 6 nitrogen and oxygen atoms in total. The lowest BCUT2D eigenvalue weighted by Crippen LogP contribution is -2.34. The number of hydrogen-bond acceptors (Lipinski definition) is 5. The number of hydrogen-bond donors (Lipinski definition) is 0. The molecule has 2 aromatic heterocycles. The minimum absolute atomic E-state index is 0.194. The highest BCUT2D eigenvalue weighted by Crippen LogP contribution is 2.28. The molecular weight excluding hydrogens is 338 g/mol. The molecule has 4 rings (SSSR count). The van der Waals surface area contributed by atoms with Crippen LogP contribution >= 0.6 is 0 Å². The maximum Gasteiger partial charge on any atom is 0.252 e. The zero-order chi connectivity index (χ0) is 18.8. The molecule has 3 aromatic rings. The van der Waals surface area contributed by atoms with Crippen molar-refractivity contribution in [2.45, 2.75) is 52.2 Å². The first kappa shape index (κ1) is 17.9. The van der Waals surface area contributed by atoms with Crippen molar-refractivity contribution in [2.75, 3.05) is 13.1 Å². The third kappa shape index (κ3) is 4.11. The molecule has 0 radical (unpaired) electrons. The average Bonchev–Trinajstić information content (AvgIpc) is 3.09. The standard InChI is InChI=1S/C21H27N5O/c1-15(2)27-19-8-4-6-17(11-19)12-25-9-5-7-18(13-25)20-10-16(3)24-21-22-14-23-26(20)21/h4,6,8,10-11,14-15,18H,5,7,9,12-13H2,1-3H3. The van der Waals surface area contributed by atoms with E-state index in [9.17, 15) is 0 Å². The quantitative estimate of drug-likeness (QED) is 0.691. The fourth-order valence-corrected chi connectivity index (χ4v) is 3.94. The summed E-state index contributed by atoms with van der Waals surface area (Å²) in [6, 6.07) is 10.6. The second-order valence-electron chi connectivity index (χ2n) is 7.68. The van der Waals surface area contributed by atoms with E-state index in [-0.39, 0.29) is 6.10 Å². The lowest BCUT2D eigenvalue weighted by atomic mass is 9.93. The van der Waals surface area contributed by atoms with Gasteiger partial charge in [-0.15, -0.1) is 0 Å². The molecule has 142 valence electrons. The van der Waals surface area contributed by atoms with Crippen LogP contribution in [0.4, 0.5) is 0 Å². The second-order valence-corrected chi connectivity index (χ2v) is 7.68. The van der Waals surface area contributed by atoms with E-state index >= 15 is 0 Å². The summed E-state index contributed by atoms with van der Waals surface area (Å²) < 4.78 is 7.74. The number of fused-ring (bicyclic) bond motifs is 1. The van der Waals surface area contributed by atoms with Crippen LogP contribution < -0.4 is 4.74 Å². The number of rotatable bonds is 5. The Labute approximate surface area is 160 Å². The van der Waals surface area contributed by atoms with Gasteiger partial charge in [-0.2, -0.15) is 10.1 Å². The van der Waals surface area contributed by atoms with Gasteiger partial charge in [0.25, 0.3) is 5.78 Å². The molecule has 1 saturated heterocycles. The topological polar surface area (TPSA) is 55.6 Å². The lowest BCUT2D eigenvalue weighted by molar-refractivity contribution is 0.196. The summed E-state index contributed by atoms with van der Waals surface area (Å²) in [5.74, 6) is 2.09. The van der Waals surface area contributed by atoms with Crippen molar-refractivity contribution in [3.8, 4) is 5.75 Å². The third-order valence-corrected chi connectivity index (χ3v) is 5.01. The second kappa shape index (κ2) is 7.64. The fraction of sp³-hybridized carbons (Fsp3) is 0.476. The molecule has 0 spiro atoms. The first-order valence-corrected chi connectivity index (χ1v) is 9.74. The van der Waals surface area contributed by atoms with Crippen LogP contribution in [0.5, 0.6) is 5.75 Å². The normalized spacial score (nSPS) is 18.3. The van der Waals surface area contributed by atoms with Crippen LogP contribution in [0.25, 0.3) is 5.78 Å². The van der Waals surface area contributed by atoms with Gasteiger partial charge in [0.1, 0.15) is 12.1 Å². The van der Waals surface area contributed by atoms with Crippen LogP contribution in [0.1, 0.15) is 49.6 Å². The molecule has 1 unspecified atom stereocenters. The van der Waals surface area contributed by atoms with E-state index in [1.54, 1.807) is 6.33 Å². The predicted octanol–water partition coefficient (Wildman–Crippen LogP) is 3.60. The number of nitrogens with zero attached hydrogens (tertiary/aromatic N) is 5. The van der Waals surface area contributed by atoms with E-state index in [0.29, 0.717) is 11.7 Å². The number of ether oxygens (including phenoxy) is 1. The maximum absolute atomic E-state index is 5.84. The van der Waals surface area contributed by atoms with E-state index in [4.69, 9.17) is 4.74 Å². The van der Waals surface area contributed by atoms with Gasteiger partial charge in [0.15, 0.2) is 0 Å². The highest BCUT2D eigenvalue weighted by atomic mass is 16.5. The zero-order valence-electron chi connectivity index (χ0n) is 16.3. The Balaban J connectivity index is 1.51. The summed E-state index contributed by atoms with van der Waals surface area (Å²) in [7, 11) is 0. The molecule has 27 heavy (non-hydrogen) atoms. The predicted molar refractivity (Wildman–Crippen MR) is 105 cm³/mol. The van der Waals surface area contributed by atoms with Crippen LogP contribution in [0.15, 0.2) is 36.7 Å². The van der Waals surface area contributed by atoms with Gasteiger partial charge in [-0.3, -0.25) is 4.90 Å². The molecule has 0 amide bonds. The Bertz CT molecular complexity index is 920. The van der Waals surface area contributed by atoms with Crippen LogP contribution in [-0.4, -0.2) is 43.7 Å². The molecule has 1 aliphatic heterocycles. The highest BCUT2D eigenvalue weighted by molar-refractivity contribution is 5.32. The largest absolute Gasteiger partial charge is 0.491 e. The summed E-state index contributed by atoms with van der Waals surface area (Å²) >= 11 is 0. The zero-order valence-corrected chi connectivity index (χ0v) is 16.3. The van der Waals surface area contributed by atoms with Crippen molar-refractivity contribution in [1.29, 1.82) is 0 Å². The minimum atomic E-state index is 0.194. The Kier molecular flexibility index (Phi) is 5.07. The summed E-state index contributed by atoms with van der Waals surface area (Å²) in [5, 5.41) is 4.39. The summed E-state index contributed by atoms with van der Waals surface area (Å²) in [6.07, 6.45) is 4.14. The summed E-state index contributed by atoms with van der Waals surface area (Å²) in [5.41, 5.74) is 3.52. The Morgan fingerprint density at radius 1 is 1.26 bits per heavy atom. The Morgan fingerprint density at radius 3 is 3.00 bits per heavy atom. The van der Waals surface area contributed by atoms with E-state index in [1.165, 1.54) is 24.1 Å². The van der Waals surface area contributed by atoms with Crippen LogP contribution in [0.3, 0.4) is 0 Å². The minimum Gasteiger partial charge on any atom is -0.491 e. The molecule has 1 aliphatic rings. The number of aryl methyl sites for hydroxylation is 1. The lowest BCUT2D eigenvalue weighted by Gasteiger charge is -2.33. The van der Waals surface area contributed by atoms with Gasteiger partial charge in [-0.1, -0.05) is 12.1 Å². The molecule has 0 saturated carbocycles. The van der Waals surface area contributed by atoms with Gasteiger partial charge in [0, 0.05) is 24.7 Å². The summed E-state index contributed by atoms with van der Waals surface area (Å²) in [4.78, 5) is 11.3. The Hall–Kier alpha value is -2.47. The van der Waals surface area contributed by atoms with Gasteiger partial charge in [-0.05, 0) is 63.9 Å². The molecular formula is C21H27N5O. The third-order valence-electron chi connectivity index (χ3n) is 5.01. The number of likely N-dealkylation sites (tertiary alicyclic amines) is 1. The molecule has 6 heteroatoms. The Morgan fingerprint density at radius 2 is 2.15 bits per heavy atom. The molecule has 1 aromatic carbocycles. The van der Waals surface area contributed by atoms with Gasteiger partial charge >= 0.3 is 0 Å². The van der Waals surface area contributed by atoms with Crippen molar-refractivity contribution < 1.29 is 4.74 Å². The van der Waals surface area contributed by atoms with Crippen molar-refractivity contribution in [1.82, 2.24) is 24.5 Å². The first-order chi connectivity index (χ1) is 13.1. The molecule has 1 fully saturated rings. The number of piperidine rings is 1. The molecule has 3 heterocycles. The summed E-state index contributed by atoms with van der Waals surface area (Å²) in [6.45, 7) is 9.23. The van der Waals surface area contributed by atoms with Gasteiger partial charge in [-0.25, -0.2) is 9.50 Å². The monoisotopic (exact) mass is 365 g/mol. The van der Waals surface area contributed by atoms with Crippen molar-refractivity contribution in [2.24, 2.45) is 0 Å². The van der Waals surface area contributed by atoms with Gasteiger partial charge in [0.2, 0.25) is 0 Å². The molecule has 0 bridgehead atoms. The number of aromatic nitrogens is 4.